The largest absolute Gasteiger partial charge is 0.492 e. The van der Waals surface area contributed by atoms with Gasteiger partial charge in [-0.15, -0.1) is 0 Å². The Hall–Kier alpha value is -0.580. The summed E-state index contributed by atoms with van der Waals surface area (Å²) in [6.07, 6.45) is 2.83. The zero-order valence-corrected chi connectivity index (χ0v) is 12.5. The summed E-state index contributed by atoms with van der Waals surface area (Å²) in [7, 11) is 0. The quantitative estimate of drug-likeness (QED) is 0.688. The van der Waals surface area contributed by atoms with Crippen LogP contribution in [0.1, 0.15) is 31.7 Å². The lowest BCUT2D eigenvalue weighted by molar-refractivity contribution is 0.264. The third kappa shape index (κ3) is 5.38. The van der Waals surface area contributed by atoms with Crippen LogP contribution in [0.3, 0.4) is 0 Å². The topological polar surface area (TPSA) is 41.5 Å². The minimum atomic E-state index is 0.265. The number of ether oxygens (including phenoxy) is 1. The predicted octanol–water partition coefficient (Wildman–Crippen LogP) is 3.10. The number of hydrogen-bond donors (Lipinski definition) is 2. The Morgan fingerprint density at radius 1 is 1.28 bits per heavy atom. The fraction of sp³-hybridized carbons (Fsp3) is 0.571. The average Bonchev–Trinajstić information content (AvgIpc) is 2.38. The highest BCUT2D eigenvalue weighted by atomic mass is 79.9. The second-order valence-corrected chi connectivity index (χ2v) is 5.00. The Bertz CT molecular complexity index is 345. The van der Waals surface area contributed by atoms with Gasteiger partial charge in [0.05, 0.1) is 11.1 Å². The van der Waals surface area contributed by atoms with Gasteiger partial charge in [-0.25, -0.2) is 0 Å². The number of aliphatic hydroxyl groups is 1. The second-order valence-electron chi connectivity index (χ2n) is 4.14. The third-order valence-corrected chi connectivity index (χ3v) is 3.29. The first kappa shape index (κ1) is 15.5. The molecule has 1 rings (SSSR count). The van der Waals surface area contributed by atoms with Gasteiger partial charge in [-0.3, -0.25) is 0 Å². The summed E-state index contributed by atoms with van der Waals surface area (Å²) in [5.41, 5.74) is 1.17. The zero-order chi connectivity index (χ0) is 13.2. The number of unbranched alkanes of at least 4 members (excludes halogenated alkanes) is 2. The molecule has 1 aromatic carbocycles. The van der Waals surface area contributed by atoms with Gasteiger partial charge in [0.1, 0.15) is 5.75 Å². The van der Waals surface area contributed by atoms with Gasteiger partial charge < -0.3 is 15.2 Å². The minimum Gasteiger partial charge on any atom is -0.492 e. The molecule has 0 amide bonds. The molecule has 0 heterocycles. The lowest BCUT2D eigenvalue weighted by atomic mass is 10.2. The minimum absolute atomic E-state index is 0.265. The van der Waals surface area contributed by atoms with Gasteiger partial charge in [0.15, 0.2) is 0 Å². The van der Waals surface area contributed by atoms with Crippen LogP contribution < -0.4 is 10.1 Å². The number of aliphatic hydroxyl groups excluding tert-OH is 1. The summed E-state index contributed by atoms with van der Waals surface area (Å²) >= 11 is 3.53. The van der Waals surface area contributed by atoms with Crippen molar-refractivity contribution < 1.29 is 9.84 Å². The molecule has 0 radical (unpaired) electrons. The second kappa shape index (κ2) is 9.36. The van der Waals surface area contributed by atoms with Crippen LogP contribution in [0.4, 0.5) is 0 Å². The molecule has 3 nitrogen and oxygen atoms in total. The Morgan fingerprint density at radius 3 is 2.83 bits per heavy atom. The van der Waals surface area contributed by atoms with Crippen molar-refractivity contribution in [2.75, 3.05) is 19.8 Å². The molecule has 1 aromatic rings. The van der Waals surface area contributed by atoms with E-state index >= 15 is 0 Å². The molecule has 0 saturated carbocycles. The van der Waals surface area contributed by atoms with E-state index in [2.05, 4.69) is 34.2 Å². The number of nitrogens with one attached hydrogen (secondary N) is 1. The van der Waals surface area contributed by atoms with E-state index in [1.807, 2.05) is 12.1 Å². The van der Waals surface area contributed by atoms with Crippen molar-refractivity contribution in [1.29, 1.82) is 0 Å². The van der Waals surface area contributed by atoms with Crippen molar-refractivity contribution in [2.24, 2.45) is 0 Å². The van der Waals surface area contributed by atoms with Crippen molar-refractivity contribution >= 4 is 15.9 Å². The maximum atomic E-state index is 8.71. The van der Waals surface area contributed by atoms with Gasteiger partial charge in [0.25, 0.3) is 0 Å². The van der Waals surface area contributed by atoms with Gasteiger partial charge in [-0.1, -0.05) is 19.1 Å². The number of para-hydroxylation sites is 1. The number of rotatable bonds is 9. The van der Waals surface area contributed by atoms with E-state index < -0.39 is 0 Å². The molecule has 0 saturated heterocycles. The highest BCUT2D eigenvalue weighted by Crippen LogP contribution is 2.29. The van der Waals surface area contributed by atoms with Crippen molar-refractivity contribution in [3.05, 3.63) is 28.2 Å². The van der Waals surface area contributed by atoms with Gasteiger partial charge in [-0.2, -0.15) is 0 Å². The normalized spacial score (nSPS) is 10.6. The van der Waals surface area contributed by atoms with Crippen LogP contribution in [0.2, 0.25) is 0 Å². The molecule has 0 unspecified atom stereocenters. The van der Waals surface area contributed by atoms with Crippen molar-refractivity contribution in [2.45, 2.75) is 32.7 Å². The first-order chi connectivity index (χ1) is 8.79. The van der Waals surface area contributed by atoms with Crippen LogP contribution in [0.15, 0.2) is 22.7 Å². The van der Waals surface area contributed by atoms with E-state index in [4.69, 9.17) is 9.84 Å². The Morgan fingerprint density at radius 2 is 2.11 bits per heavy atom. The van der Waals surface area contributed by atoms with Crippen LogP contribution in [0, 0.1) is 0 Å². The maximum absolute atomic E-state index is 8.71. The van der Waals surface area contributed by atoms with Crippen LogP contribution in [0.5, 0.6) is 5.75 Å². The van der Waals surface area contributed by atoms with E-state index in [1.54, 1.807) is 0 Å². The molecule has 18 heavy (non-hydrogen) atoms. The molecule has 102 valence electrons. The van der Waals surface area contributed by atoms with Gasteiger partial charge >= 0.3 is 0 Å². The monoisotopic (exact) mass is 315 g/mol. The number of benzene rings is 1. The van der Waals surface area contributed by atoms with Gasteiger partial charge in [-0.05, 0) is 47.8 Å². The van der Waals surface area contributed by atoms with Gasteiger partial charge in [0, 0.05) is 18.7 Å². The van der Waals surface area contributed by atoms with E-state index in [0.29, 0.717) is 6.61 Å². The van der Waals surface area contributed by atoms with Crippen molar-refractivity contribution in [3.8, 4) is 5.75 Å². The third-order valence-electron chi connectivity index (χ3n) is 2.66. The SMILES string of the molecule is CCNCc1cccc(Br)c1OCCCCCO. The van der Waals surface area contributed by atoms with Crippen molar-refractivity contribution in [3.63, 3.8) is 0 Å². The van der Waals surface area contributed by atoms with Crippen LogP contribution >= 0.6 is 15.9 Å². The van der Waals surface area contributed by atoms with Gasteiger partial charge in [0.2, 0.25) is 0 Å². The highest BCUT2D eigenvalue weighted by molar-refractivity contribution is 9.10. The smallest absolute Gasteiger partial charge is 0.137 e. The summed E-state index contributed by atoms with van der Waals surface area (Å²) in [6, 6.07) is 6.10. The summed E-state index contributed by atoms with van der Waals surface area (Å²) in [6.45, 7) is 4.82. The molecule has 0 aliphatic rings. The highest BCUT2D eigenvalue weighted by Gasteiger charge is 2.07. The lowest BCUT2D eigenvalue weighted by Crippen LogP contribution is -2.13. The average molecular weight is 316 g/mol. The standard InChI is InChI=1S/C14H22BrNO2/c1-2-16-11-12-7-6-8-13(15)14(12)18-10-5-3-4-9-17/h6-8,16-17H,2-5,9-11H2,1H3. The molecule has 4 heteroatoms. The summed E-state index contributed by atoms with van der Waals surface area (Å²) < 4.78 is 6.84. The molecular weight excluding hydrogens is 294 g/mol. The Labute approximate surface area is 118 Å². The number of hydrogen-bond acceptors (Lipinski definition) is 3. The fourth-order valence-electron chi connectivity index (χ4n) is 1.68. The molecule has 0 spiro atoms. The maximum Gasteiger partial charge on any atom is 0.137 e. The number of halogens is 1. The molecule has 0 aromatic heterocycles. The summed E-state index contributed by atoms with van der Waals surface area (Å²) in [5.74, 6) is 0.933. The van der Waals surface area contributed by atoms with Crippen LogP contribution in [-0.2, 0) is 6.54 Å². The van der Waals surface area contributed by atoms with E-state index in [9.17, 15) is 0 Å². The van der Waals surface area contributed by atoms with Crippen LogP contribution in [-0.4, -0.2) is 24.9 Å². The first-order valence-corrected chi connectivity index (χ1v) is 7.30. The molecule has 0 atom stereocenters. The molecule has 2 N–H and O–H groups in total. The van der Waals surface area contributed by atoms with E-state index in [1.165, 1.54) is 5.56 Å². The fourth-order valence-corrected chi connectivity index (χ4v) is 2.20. The van der Waals surface area contributed by atoms with E-state index in [-0.39, 0.29) is 6.61 Å². The van der Waals surface area contributed by atoms with E-state index in [0.717, 1.165) is 42.6 Å². The molecular formula is C14H22BrNO2. The zero-order valence-electron chi connectivity index (χ0n) is 10.9. The predicted molar refractivity (Wildman–Crippen MR) is 78.0 cm³/mol. The Kier molecular flexibility index (Phi) is 8.05. The summed E-state index contributed by atoms with van der Waals surface area (Å²) in [5, 5.41) is 12.0. The van der Waals surface area contributed by atoms with Crippen LogP contribution in [0.25, 0.3) is 0 Å². The molecule has 0 aliphatic heterocycles. The summed E-state index contributed by atoms with van der Waals surface area (Å²) in [4.78, 5) is 0. The lowest BCUT2D eigenvalue weighted by Gasteiger charge is -2.13. The molecule has 0 aliphatic carbocycles. The molecule has 0 fully saturated rings. The molecule has 0 bridgehead atoms. The Balaban J connectivity index is 2.50. The first-order valence-electron chi connectivity index (χ1n) is 6.51. The van der Waals surface area contributed by atoms with Crippen molar-refractivity contribution in [1.82, 2.24) is 5.32 Å².